The highest BCUT2D eigenvalue weighted by molar-refractivity contribution is 5.81. The minimum atomic E-state index is -1.06. The van der Waals surface area contributed by atoms with Gasteiger partial charge in [0, 0.05) is 6.08 Å². The fourth-order valence-corrected chi connectivity index (χ4v) is 0.915. The molecular formula is C11H16O6. The van der Waals surface area contributed by atoms with Crippen molar-refractivity contribution in [1.82, 2.24) is 0 Å². The Labute approximate surface area is 99.2 Å². The Kier molecular flexibility index (Phi) is 7.41. The summed E-state index contributed by atoms with van der Waals surface area (Å²) in [5, 5.41) is 8.35. The molecule has 1 unspecified atom stereocenters. The lowest BCUT2D eigenvalue weighted by Crippen LogP contribution is -2.24. The highest BCUT2D eigenvalue weighted by Crippen LogP contribution is 2.02. The Hall–Kier alpha value is -1.85. The van der Waals surface area contributed by atoms with Crippen molar-refractivity contribution in [2.75, 3.05) is 6.61 Å². The molecule has 0 aliphatic carbocycles. The Morgan fingerprint density at radius 2 is 2.00 bits per heavy atom. The second-order valence-electron chi connectivity index (χ2n) is 3.25. The van der Waals surface area contributed by atoms with Gasteiger partial charge in [0.2, 0.25) is 0 Å². The van der Waals surface area contributed by atoms with Crippen molar-refractivity contribution in [3.8, 4) is 0 Å². The number of aliphatic carboxylic acids is 1. The zero-order valence-electron chi connectivity index (χ0n) is 9.68. The lowest BCUT2D eigenvalue weighted by atomic mass is 10.3. The number of carbonyl (C=O) groups is 3. The molecule has 0 aliphatic heterocycles. The van der Waals surface area contributed by atoms with Gasteiger partial charge in [-0.05, 0) is 6.42 Å². The quantitative estimate of drug-likeness (QED) is 0.504. The smallest absolute Gasteiger partial charge is 0.330 e. The Morgan fingerprint density at radius 3 is 2.47 bits per heavy atom. The van der Waals surface area contributed by atoms with E-state index in [-0.39, 0.29) is 19.4 Å². The third-order valence-electron chi connectivity index (χ3n) is 1.88. The largest absolute Gasteiger partial charge is 0.481 e. The number of hydrogen-bond donors (Lipinski definition) is 1. The third kappa shape index (κ3) is 8.01. The summed E-state index contributed by atoms with van der Waals surface area (Å²) < 4.78 is 9.65. The summed E-state index contributed by atoms with van der Waals surface area (Å²) in [6.45, 7) is 4.94. The van der Waals surface area contributed by atoms with Gasteiger partial charge < -0.3 is 14.6 Å². The van der Waals surface area contributed by atoms with E-state index in [0.29, 0.717) is 6.42 Å². The molecule has 0 aromatic carbocycles. The summed E-state index contributed by atoms with van der Waals surface area (Å²) in [5.41, 5.74) is 0. The zero-order valence-corrected chi connectivity index (χ0v) is 9.68. The van der Waals surface area contributed by atoms with E-state index in [1.165, 1.54) is 0 Å². The van der Waals surface area contributed by atoms with Crippen LogP contribution in [0.3, 0.4) is 0 Å². The van der Waals surface area contributed by atoms with E-state index >= 15 is 0 Å². The lowest BCUT2D eigenvalue weighted by molar-refractivity contribution is -0.156. The summed E-state index contributed by atoms with van der Waals surface area (Å²) in [5.74, 6) is -2.27. The number of ether oxygens (including phenoxy) is 2. The first-order valence-electron chi connectivity index (χ1n) is 5.20. The van der Waals surface area contributed by atoms with Crippen LogP contribution >= 0.6 is 0 Å². The van der Waals surface area contributed by atoms with E-state index < -0.39 is 24.0 Å². The third-order valence-corrected chi connectivity index (χ3v) is 1.88. The number of carboxylic acid groups (broad SMARTS) is 1. The molecule has 0 aliphatic rings. The van der Waals surface area contributed by atoms with E-state index in [9.17, 15) is 14.4 Å². The standard InChI is InChI=1S/C11H16O6/c1-3-8(17-10(14)4-2)7-16-11(15)6-5-9(12)13/h4,8H,2-3,5-7H2,1H3,(H,12,13). The first-order valence-corrected chi connectivity index (χ1v) is 5.20. The number of hydrogen-bond acceptors (Lipinski definition) is 5. The second kappa shape index (κ2) is 8.32. The monoisotopic (exact) mass is 244 g/mol. The van der Waals surface area contributed by atoms with Crippen molar-refractivity contribution in [3.63, 3.8) is 0 Å². The molecule has 0 aromatic heterocycles. The van der Waals surface area contributed by atoms with Gasteiger partial charge in [-0.3, -0.25) is 9.59 Å². The van der Waals surface area contributed by atoms with Crippen LogP contribution in [0.25, 0.3) is 0 Å². The molecule has 96 valence electrons. The molecule has 6 nitrogen and oxygen atoms in total. The van der Waals surface area contributed by atoms with Gasteiger partial charge in [-0.15, -0.1) is 0 Å². The highest BCUT2D eigenvalue weighted by atomic mass is 16.6. The zero-order chi connectivity index (χ0) is 13.3. The lowest BCUT2D eigenvalue weighted by Gasteiger charge is -2.14. The molecule has 0 saturated carbocycles. The van der Waals surface area contributed by atoms with Crippen LogP contribution in [0.1, 0.15) is 26.2 Å². The Balaban J connectivity index is 3.89. The van der Waals surface area contributed by atoms with E-state index in [2.05, 4.69) is 6.58 Å². The van der Waals surface area contributed by atoms with E-state index in [0.717, 1.165) is 6.08 Å². The van der Waals surface area contributed by atoms with E-state index in [4.69, 9.17) is 14.6 Å². The molecular weight excluding hydrogens is 228 g/mol. The summed E-state index contributed by atoms with van der Waals surface area (Å²) in [7, 11) is 0. The maximum atomic E-state index is 11.1. The van der Waals surface area contributed by atoms with Crippen molar-refractivity contribution in [2.24, 2.45) is 0 Å². The molecule has 0 fully saturated rings. The second-order valence-corrected chi connectivity index (χ2v) is 3.25. The van der Waals surface area contributed by atoms with E-state index in [1.54, 1.807) is 6.92 Å². The van der Waals surface area contributed by atoms with Crippen LogP contribution in [0.5, 0.6) is 0 Å². The van der Waals surface area contributed by atoms with Gasteiger partial charge in [0.1, 0.15) is 12.7 Å². The van der Waals surface area contributed by atoms with E-state index in [1.807, 2.05) is 0 Å². The minimum absolute atomic E-state index is 0.0749. The molecule has 0 spiro atoms. The predicted octanol–water partition coefficient (Wildman–Crippen LogP) is 0.902. The van der Waals surface area contributed by atoms with Gasteiger partial charge in [0.25, 0.3) is 0 Å². The molecule has 1 N–H and O–H groups in total. The molecule has 0 rings (SSSR count). The summed E-state index contributed by atoms with van der Waals surface area (Å²) >= 11 is 0. The molecule has 17 heavy (non-hydrogen) atoms. The van der Waals surface area contributed by atoms with Crippen LogP contribution in [-0.4, -0.2) is 35.7 Å². The van der Waals surface area contributed by atoms with Gasteiger partial charge in [0.05, 0.1) is 12.8 Å². The van der Waals surface area contributed by atoms with Crippen molar-refractivity contribution in [1.29, 1.82) is 0 Å². The van der Waals surface area contributed by atoms with Crippen molar-refractivity contribution in [2.45, 2.75) is 32.3 Å². The van der Waals surface area contributed by atoms with Gasteiger partial charge in [-0.25, -0.2) is 4.79 Å². The molecule has 6 heteroatoms. The first kappa shape index (κ1) is 15.2. The predicted molar refractivity (Wildman–Crippen MR) is 58.2 cm³/mol. The van der Waals surface area contributed by atoms with Crippen LogP contribution in [0.4, 0.5) is 0 Å². The van der Waals surface area contributed by atoms with Crippen molar-refractivity contribution in [3.05, 3.63) is 12.7 Å². The van der Waals surface area contributed by atoms with Crippen LogP contribution in [0.2, 0.25) is 0 Å². The maximum absolute atomic E-state index is 11.1. The number of esters is 2. The normalized spacial score (nSPS) is 11.4. The number of rotatable bonds is 8. The molecule has 1 atom stereocenters. The SMILES string of the molecule is C=CC(=O)OC(CC)COC(=O)CCC(=O)O. The topological polar surface area (TPSA) is 89.9 Å². The fourth-order valence-electron chi connectivity index (χ4n) is 0.915. The molecule has 0 saturated heterocycles. The first-order chi connectivity index (χ1) is 7.99. The van der Waals surface area contributed by atoms with Gasteiger partial charge >= 0.3 is 17.9 Å². The molecule has 0 amide bonds. The van der Waals surface area contributed by atoms with Crippen LogP contribution < -0.4 is 0 Å². The molecule has 0 radical (unpaired) electrons. The Bertz CT molecular complexity index is 296. The maximum Gasteiger partial charge on any atom is 0.330 e. The molecule has 0 bridgehead atoms. The summed E-state index contributed by atoms with van der Waals surface area (Å²) in [6.07, 6.45) is 0.513. The summed E-state index contributed by atoms with van der Waals surface area (Å²) in [6, 6.07) is 0. The molecule has 0 aromatic rings. The van der Waals surface area contributed by atoms with Gasteiger partial charge in [-0.2, -0.15) is 0 Å². The van der Waals surface area contributed by atoms with Crippen molar-refractivity contribution >= 4 is 17.9 Å². The van der Waals surface area contributed by atoms with Gasteiger partial charge in [0.15, 0.2) is 0 Å². The average molecular weight is 244 g/mol. The van der Waals surface area contributed by atoms with Gasteiger partial charge in [-0.1, -0.05) is 13.5 Å². The molecule has 0 heterocycles. The van der Waals surface area contributed by atoms with Crippen LogP contribution in [0, 0.1) is 0 Å². The highest BCUT2D eigenvalue weighted by Gasteiger charge is 2.14. The fraction of sp³-hybridized carbons (Fsp3) is 0.545. The van der Waals surface area contributed by atoms with Crippen LogP contribution in [0.15, 0.2) is 12.7 Å². The van der Waals surface area contributed by atoms with Crippen molar-refractivity contribution < 1.29 is 29.0 Å². The number of carboxylic acids is 1. The Morgan fingerprint density at radius 1 is 1.35 bits per heavy atom. The van der Waals surface area contributed by atoms with Crippen LogP contribution in [-0.2, 0) is 23.9 Å². The number of carbonyl (C=O) groups excluding carboxylic acids is 2. The average Bonchev–Trinajstić information content (AvgIpc) is 2.31. The minimum Gasteiger partial charge on any atom is -0.481 e. The summed E-state index contributed by atoms with van der Waals surface area (Å²) in [4.78, 5) is 32.2.